The largest absolute Gasteiger partial charge is 0.341 e. The van der Waals surface area contributed by atoms with Gasteiger partial charge in [-0.15, -0.1) is 0 Å². The van der Waals surface area contributed by atoms with Gasteiger partial charge in [-0.1, -0.05) is 25.0 Å². The Bertz CT molecular complexity index is 622. The van der Waals surface area contributed by atoms with Crippen molar-refractivity contribution >= 4 is 11.9 Å². The van der Waals surface area contributed by atoms with Crippen LogP contribution in [0.25, 0.3) is 0 Å². The molecule has 3 amide bonds. The third-order valence-electron chi connectivity index (χ3n) is 5.08. The van der Waals surface area contributed by atoms with Gasteiger partial charge in [-0.2, -0.15) is 0 Å². The molecule has 2 aliphatic heterocycles. The number of rotatable bonds is 4. The molecular formula is C19H26FN3O2. The molecule has 0 spiro atoms. The second-order valence-electron chi connectivity index (χ2n) is 6.83. The molecule has 3 rings (SSSR count). The van der Waals surface area contributed by atoms with Gasteiger partial charge in [-0.25, -0.2) is 9.18 Å². The van der Waals surface area contributed by atoms with E-state index in [4.69, 9.17) is 0 Å². The molecule has 0 unspecified atom stereocenters. The van der Waals surface area contributed by atoms with Crippen LogP contribution in [0.3, 0.4) is 0 Å². The van der Waals surface area contributed by atoms with Crippen LogP contribution in [0.5, 0.6) is 0 Å². The number of hydrogen-bond acceptors (Lipinski definition) is 2. The molecule has 0 aliphatic carbocycles. The van der Waals surface area contributed by atoms with Crippen molar-refractivity contribution in [1.82, 2.24) is 15.1 Å². The second-order valence-corrected chi connectivity index (χ2v) is 6.83. The normalized spacial score (nSPS) is 21.3. The van der Waals surface area contributed by atoms with Gasteiger partial charge in [-0.3, -0.25) is 4.79 Å². The summed E-state index contributed by atoms with van der Waals surface area (Å²) in [4.78, 5) is 28.0. The lowest BCUT2D eigenvalue weighted by atomic mass is 10.0. The summed E-state index contributed by atoms with van der Waals surface area (Å²) in [5.74, 6) is -0.101. The predicted molar refractivity (Wildman–Crippen MR) is 93.5 cm³/mol. The Morgan fingerprint density at radius 3 is 2.84 bits per heavy atom. The summed E-state index contributed by atoms with van der Waals surface area (Å²) in [6.45, 7) is 2.47. The van der Waals surface area contributed by atoms with Crippen LogP contribution >= 0.6 is 0 Å². The number of carbonyl (C=O) groups excluding carboxylic acids is 2. The van der Waals surface area contributed by atoms with E-state index >= 15 is 0 Å². The van der Waals surface area contributed by atoms with Crippen LogP contribution in [0, 0.1) is 5.82 Å². The molecule has 1 N–H and O–H groups in total. The predicted octanol–water partition coefficient (Wildman–Crippen LogP) is 3.07. The van der Waals surface area contributed by atoms with Gasteiger partial charge < -0.3 is 15.1 Å². The molecule has 2 fully saturated rings. The Hall–Kier alpha value is -2.11. The lowest BCUT2D eigenvalue weighted by molar-refractivity contribution is -0.127. The summed E-state index contributed by atoms with van der Waals surface area (Å²) in [6.07, 6.45) is 5.44. The minimum atomic E-state index is -0.269. The molecule has 2 saturated heterocycles. The molecule has 2 heterocycles. The zero-order valence-electron chi connectivity index (χ0n) is 14.5. The summed E-state index contributed by atoms with van der Waals surface area (Å²) >= 11 is 0. The van der Waals surface area contributed by atoms with Gasteiger partial charge in [0.05, 0.1) is 6.04 Å². The van der Waals surface area contributed by atoms with E-state index in [1.54, 1.807) is 11.0 Å². The molecule has 136 valence electrons. The number of carbonyl (C=O) groups is 2. The fraction of sp³-hybridized carbons (Fsp3) is 0.579. The number of nitrogens with zero attached hydrogens (tertiary/aromatic N) is 2. The van der Waals surface area contributed by atoms with E-state index < -0.39 is 0 Å². The standard InChI is InChI=1S/C19H26FN3O2/c20-16-7-4-6-15(14-16)17-8-2-1-3-12-23(17)19(25)21-10-13-22-11-5-9-18(22)24/h4,6-7,14,17H,1-3,5,8-13H2,(H,21,25)/t17-/m0/s1. The van der Waals surface area contributed by atoms with Crippen molar-refractivity contribution in [2.45, 2.75) is 44.6 Å². The smallest absolute Gasteiger partial charge is 0.317 e. The van der Waals surface area contributed by atoms with Crippen molar-refractivity contribution in [2.75, 3.05) is 26.2 Å². The van der Waals surface area contributed by atoms with Crippen LogP contribution in [0.1, 0.15) is 50.1 Å². The van der Waals surface area contributed by atoms with Crippen molar-refractivity contribution in [3.8, 4) is 0 Å². The maximum absolute atomic E-state index is 13.6. The molecule has 1 atom stereocenters. The summed E-state index contributed by atoms with van der Waals surface area (Å²) in [7, 11) is 0. The molecule has 1 aromatic carbocycles. The van der Waals surface area contributed by atoms with Gasteiger partial charge in [0, 0.05) is 32.6 Å². The van der Waals surface area contributed by atoms with E-state index in [9.17, 15) is 14.0 Å². The molecule has 0 saturated carbocycles. The van der Waals surface area contributed by atoms with Gasteiger partial charge in [0.1, 0.15) is 5.82 Å². The fourth-order valence-corrected chi connectivity index (χ4v) is 3.75. The van der Waals surface area contributed by atoms with Gasteiger partial charge in [-0.05, 0) is 37.0 Å². The van der Waals surface area contributed by atoms with E-state index in [-0.39, 0.29) is 23.8 Å². The molecule has 5 nitrogen and oxygen atoms in total. The molecular weight excluding hydrogens is 321 g/mol. The van der Waals surface area contributed by atoms with Crippen LogP contribution in [0.2, 0.25) is 0 Å². The lowest BCUT2D eigenvalue weighted by Gasteiger charge is -2.31. The zero-order chi connectivity index (χ0) is 17.6. The number of nitrogens with one attached hydrogen (secondary N) is 1. The van der Waals surface area contributed by atoms with E-state index in [0.717, 1.165) is 44.2 Å². The maximum atomic E-state index is 13.6. The van der Waals surface area contributed by atoms with Crippen molar-refractivity contribution in [1.29, 1.82) is 0 Å². The van der Waals surface area contributed by atoms with Crippen molar-refractivity contribution in [2.24, 2.45) is 0 Å². The van der Waals surface area contributed by atoms with Crippen molar-refractivity contribution in [3.63, 3.8) is 0 Å². The quantitative estimate of drug-likeness (QED) is 0.910. The van der Waals surface area contributed by atoms with Crippen molar-refractivity contribution < 1.29 is 14.0 Å². The van der Waals surface area contributed by atoms with Gasteiger partial charge >= 0.3 is 6.03 Å². The summed E-state index contributed by atoms with van der Waals surface area (Å²) in [5, 5.41) is 2.94. The average molecular weight is 347 g/mol. The minimum Gasteiger partial charge on any atom is -0.341 e. The number of likely N-dealkylation sites (tertiary alicyclic amines) is 2. The van der Waals surface area contributed by atoms with Crippen molar-refractivity contribution in [3.05, 3.63) is 35.6 Å². The third-order valence-corrected chi connectivity index (χ3v) is 5.08. The summed E-state index contributed by atoms with van der Waals surface area (Å²) in [6, 6.07) is 6.33. The highest BCUT2D eigenvalue weighted by Gasteiger charge is 2.27. The third kappa shape index (κ3) is 4.50. The summed E-state index contributed by atoms with van der Waals surface area (Å²) < 4.78 is 13.6. The van der Waals surface area contributed by atoms with Gasteiger partial charge in [0.15, 0.2) is 0 Å². The zero-order valence-corrected chi connectivity index (χ0v) is 14.5. The van der Waals surface area contributed by atoms with E-state index in [0.29, 0.717) is 26.1 Å². The highest BCUT2D eigenvalue weighted by molar-refractivity contribution is 5.78. The Balaban J connectivity index is 1.62. The van der Waals surface area contributed by atoms with Crippen LogP contribution in [-0.2, 0) is 4.79 Å². The number of benzene rings is 1. The van der Waals surface area contributed by atoms with E-state index in [2.05, 4.69) is 5.32 Å². The monoisotopic (exact) mass is 347 g/mol. The molecule has 1 aromatic rings. The molecule has 6 heteroatoms. The molecule has 0 radical (unpaired) electrons. The summed E-state index contributed by atoms with van der Waals surface area (Å²) in [5.41, 5.74) is 0.853. The topological polar surface area (TPSA) is 52.7 Å². The van der Waals surface area contributed by atoms with E-state index in [1.165, 1.54) is 12.1 Å². The number of amides is 3. The van der Waals surface area contributed by atoms with E-state index in [1.807, 2.05) is 11.0 Å². The van der Waals surface area contributed by atoms with Crippen LogP contribution in [-0.4, -0.2) is 47.9 Å². The van der Waals surface area contributed by atoms with Crippen LogP contribution in [0.4, 0.5) is 9.18 Å². The molecule has 0 aromatic heterocycles. The SMILES string of the molecule is O=C1CCCN1CCNC(=O)N1CCCCC[C@H]1c1cccc(F)c1. The highest BCUT2D eigenvalue weighted by atomic mass is 19.1. The van der Waals surface area contributed by atoms with Gasteiger partial charge in [0.2, 0.25) is 5.91 Å². The lowest BCUT2D eigenvalue weighted by Crippen LogP contribution is -2.44. The fourth-order valence-electron chi connectivity index (χ4n) is 3.75. The second kappa shape index (κ2) is 8.32. The minimum absolute atomic E-state index is 0.0911. The Morgan fingerprint density at radius 1 is 1.20 bits per heavy atom. The van der Waals surface area contributed by atoms with Crippen LogP contribution < -0.4 is 5.32 Å². The molecule has 0 bridgehead atoms. The maximum Gasteiger partial charge on any atom is 0.317 e. The molecule has 2 aliphatic rings. The highest BCUT2D eigenvalue weighted by Crippen LogP contribution is 2.30. The first kappa shape index (κ1) is 17.7. The average Bonchev–Trinajstić information content (AvgIpc) is 2.86. The first-order valence-electron chi connectivity index (χ1n) is 9.23. The molecule has 25 heavy (non-hydrogen) atoms. The number of urea groups is 1. The number of hydrogen-bond donors (Lipinski definition) is 1. The Morgan fingerprint density at radius 2 is 2.08 bits per heavy atom. The Kier molecular flexibility index (Phi) is 5.89. The Labute approximate surface area is 148 Å². The van der Waals surface area contributed by atoms with Gasteiger partial charge in [0.25, 0.3) is 0 Å². The van der Waals surface area contributed by atoms with Crippen LogP contribution in [0.15, 0.2) is 24.3 Å². The first-order chi connectivity index (χ1) is 12.1. The number of halogens is 1. The first-order valence-corrected chi connectivity index (χ1v) is 9.23.